The van der Waals surface area contributed by atoms with E-state index in [9.17, 15) is 9.50 Å². The maximum atomic E-state index is 13.3. The van der Waals surface area contributed by atoms with Crippen LogP contribution in [0.25, 0.3) is 0 Å². The van der Waals surface area contributed by atoms with Crippen molar-refractivity contribution in [2.24, 2.45) is 0 Å². The van der Waals surface area contributed by atoms with Gasteiger partial charge in [0.25, 0.3) is 0 Å². The van der Waals surface area contributed by atoms with Gasteiger partial charge in [-0.1, -0.05) is 6.07 Å². The van der Waals surface area contributed by atoms with Crippen LogP contribution in [0, 0.1) is 17.1 Å². The Hall–Kier alpha value is -1.44. The Kier molecular flexibility index (Phi) is 3.88. The first-order valence-corrected chi connectivity index (χ1v) is 6.57. The summed E-state index contributed by atoms with van der Waals surface area (Å²) in [6.07, 6.45) is 2.02. The van der Waals surface area contributed by atoms with Crippen molar-refractivity contribution in [2.45, 2.75) is 44.9 Å². The van der Waals surface area contributed by atoms with E-state index < -0.39 is 11.4 Å². The van der Waals surface area contributed by atoms with Gasteiger partial charge in [-0.3, -0.25) is 4.90 Å². The van der Waals surface area contributed by atoms with Gasteiger partial charge in [-0.2, -0.15) is 5.26 Å². The second kappa shape index (κ2) is 5.28. The molecule has 0 aromatic heterocycles. The van der Waals surface area contributed by atoms with E-state index in [4.69, 9.17) is 5.26 Å². The Morgan fingerprint density at radius 1 is 1.53 bits per heavy atom. The number of hydrogen-bond acceptors (Lipinski definition) is 3. The first-order chi connectivity index (χ1) is 8.91. The van der Waals surface area contributed by atoms with E-state index in [-0.39, 0.29) is 11.6 Å². The van der Waals surface area contributed by atoms with Crippen LogP contribution in [0.15, 0.2) is 18.2 Å². The molecule has 2 rings (SSSR count). The quantitative estimate of drug-likeness (QED) is 0.910. The molecule has 1 fully saturated rings. The fourth-order valence-electron chi connectivity index (χ4n) is 2.81. The molecule has 102 valence electrons. The lowest BCUT2D eigenvalue weighted by molar-refractivity contribution is -0.00502. The summed E-state index contributed by atoms with van der Waals surface area (Å²) < 4.78 is 13.3. The van der Waals surface area contributed by atoms with E-state index in [0.29, 0.717) is 6.54 Å². The van der Waals surface area contributed by atoms with Gasteiger partial charge in [-0.15, -0.1) is 0 Å². The van der Waals surface area contributed by atoms with Crippen molar-refractivity contribution in [3.05, 3.63) is 35.1 Å². The molecule has 0 amide bonds. The number of rotatable bonds is 3. The van der Waals surface area contributed by atoms with Gasteiger partial charge in [0.2, 0.25) is 0 Å². The summed E-state index contributed by atoms with van der Waals surface area (Å²) in [6, 6.07) is 6.61. The second-order valence-corrected chi connectivity index (χ2v) is 5.71. The molecule has 1 N–H and O–H groups in total. The number of halogens is 1. The van der Waals surface area contributed by atoms with Gasteiger partial charge >= 0.3 is 0 Å². The van der Waals surface area contributed by atoms with E-state index in [0.717, 1.165) is 24.9 Å². The Labute approximate surface area is 113 Å². The zero-order chi connectivity index (χ0) is 14.0. The third-order valence-electron chi connectivity index (χ3n) is 3.72. The van der Waals surface area contributed by atoms with Crippen molar-refractivity contribution in [2.75, 3.05) is 6.54 Å². The number of hydrogen-bond donors (Lipinski definition) is 1. The van der Waals surface area contributed by atoms with E-state index >= 15 is 0 Å². The van der Waals surface area contributed by atoms with Gasteiger partial charge in [0, 0.05) is 12.6 Å². The van der Waals surface area contributed by atoms with E-state index in [1.165, 1.54) is 6.07 Å². The number of aliphatic hydroxyl groups is 1. The molecule has 1 saturated heterocycles. The average Bonchev–Trinajstić information content (AvgIpc) is 2.79. The van der Waals surface area contributed by atoms with Crippen LogP contribution in [0.2, 0.25) is 0 Å². The van der Waals surface area contributed by atoms with E-state index in [1.807, 2.05) is 19.9 Å². The molecule has 0 spiro atoms. The Bertz CT molecular complexity index is 502. The molecular formula is C15H19FN2O. The highest BCUT2D eigenvalue weighted by atomic mass is 19.1. The molecule has 0 saturated carbocycles. The van der Waals surface area contributed by atoms with Crippen LogP contribution in [-0.4, -0.2) is 28.2 Å². The van der Waals surface area contributed by atoms with Crippen molar-refractivity contribution in [3.63, 3.8) is 0 Å². The summed E-state index contributed by atoms with van der Waals surface area (Å²) in [5.74, 6) is -0.480. The van der Waals surface area contributed by atoms with Crippen molar-refractivity contribution >= 4 is 0 Å². The third-order valence-corrected chi connectivity index (χ3v) is 3.72. The molecule has 3 nitrogen and oxygen atoms in total. The molecule has 1 heterocycles. The number of nitriles is 1. The van der Waals surface area contributed by atoms with Crippen molar-refractivity contribution < 1.29 is 9.50 Å². The van der Waals surface area contributed by atoms with Crippen LogP contribution >= 0.6 is 0 Å². The average molecular weight is 262 g/mol. The minimum absolute atomic E-state index is 0.0801. The fraction of sp³-hybridized carbons (Fsp3) is 0.533. The van der Waals surface area contributed by atoms with E-state index in [1.54, 1.807) is 12.1 Å². The highest BCUT2D eigenvalue weighted by molar-refractivity contribution is 5.34. The van der Waals surface area contributed by atoms with E-state index in [2.05, 4.69) is 4.90 Å². The van der Waals surface area contributed by atoms with Crippen LogP contribution in [-0.2, 0) is 6.54 Å². The van der Waals surface area contributed by atoms with Gasteiger partial charge in [-0.05, 0) is 50.9 Å². The zero-order valence-corrected chi connectivity index (χ0v) is 11.4. The Morgan fingerprint density at radius 2 is 2.26 bits per heavy atom. The molecular weight excluding hydrogens is 243 g/mol. The first kappa shape index (κ1) is 14.0. The van der Waals surface area contributed by atoms with Gasteiger partial charge in [0.05, 0.1) is 11.2 Å². The molecule has 1 aromatic rings. The van der Waals surface area contributed by atoms with Crippen LogP contribution in [0.5, 0.6) is 0 Å². The van der Waals surface area contributed by atoms with Crippen LogP contribution in [0.4, 0.5) is 4.39 Å². The summed E-state index contributed by atoms with van der Waals surface area (Å²) in [4.78, 5) is 2.20. The highest BCUT2D eigenvalue weighted by Crippen LogP contribution is 2.28. The summed E-state index contributed by atoms with van der Waals surface area (Å²) in [7, 11) is 0. The largest absolute Gasteiger partial charge is 0.389 e. The topological polar surface area (TPSA) is 47.3 Å². The summed E-state index contributed by atoms with van der Waals surface area (Å²) >= 11 is 0. The standard InChI is InChI=1S/C15H19FN2O/c1-15(2,19)14-4-3-7-18(14)10-11-5-6-13(16)12(8-11)9-17/h5-6,8,14,19H,3-4,7,10H2,1-2H3. The van der Waals surface area contributed by atoms with Crippen molar-refractivity contribution in [3.8, 4) is 6.07 Å². The van der Waals surface area contributed by atoms with Crippen LogP contribution in [0.1, 0.15) is 37.8 Å². The SMILES string of the molecule is CC(C)(O)C1CCCN1Cc1ccc(F)c(C#N)c1. The third kappa shape index (κ3) is 3.12. The number of likely N-dealkylation sites (tertiary alicyclic amines) is 1. The van der Waals surface area contributed by atoms with Gasteiger partial charge in [0.1, 0.15) is 11.9 Å². The van der Waals surface area contributed by atoms with Crippen LogP contribution in [0.3, 0.4) is 0 Å². The smallest absolute Gasteiger partial charge is 0.140 e. The second-order valence-electron chi connectivity index (χ2n) is 5.71. The zero-order valence-electron chi connectivity index (χ0n) is 11.4. The summed E-state index contributed by atoms with van der Waals surface area (Å²) in [5, 5.41) is 19.0. The Morgan fingerprint density at radius 3 is 2.89 bits per heavy atom. The van der Waals surface area contributed by atoms with Crippen molar-refractivity contribution in [1.82, 2.24) is 4.90 Å². The highest BCUT2D eigenvalue weighted by Gasteiger charge is 2.35. The molecule has 1 aliphatic rings. The Balaban J connectivity index is 2.15. The molecule has 1 aromatic carbocycles. The summed E-state index contributed by atoms with van der Waals surface area (Å²) in [5.41, 5.74) is 0.250. The number of nitrogens with zero attached hydrogens (tertiary/aromatic N) is 2. The molecule has 1 atom stereocenters. The maximum Gasteiger partial charge on any atom is 0.140 e. The lowest BCUT2D eigenvalue weighted by Crippen LogP contribution is -2.45. The minimum Gasteiger partial charge on any atom is -0.389 e. The van der Waals surface area contributed by atoms with Gasteiger partial charge in [0.15, 0.2) is 0 Å². The molecule has 1 unspecified atom stereocenters. The fourth-order valence-corrected chi connectivity index (χ4v) is 2.81. The predicted octanol–water partition coefficient (Wildman–Crippen LogP) is 2.43. The molecule has 4 heteroatoms. The maximum absolute atomic E-state index is 13.3. The van der Waals surface area contributed by atoms with Crippen molar-refractivity contribution in [1.29, 1.82) is 5.26 Å². The number of benzene rings is 1. The monoisotopic (exact) mass is 262 g/mol. The molecule has 19 heavy (non-hydrogen) atoms. The van der Waals surface area contributed by atoms with Gasteiger partial charge < -0.3 is 5.11 Å². The molecule has 1 aliphatic heterocycles. The lowest BCUT2D eigenvalue weighted by atomic mass is 9.96. The summed E-state index contributed by atoms with van der Waals surface area (Å²) in [6.45, 7) is 5.21. The van der Waals surface area contributed by atoms with Crippen LogP contribution < -0.4 is 0 Å². The van der Waals surface area contributed by atoms with Gasteiger partial charge in [-0.25, -0.2) is 4.39 Å². The first-order valence-electron chi connectivity index (χ1n) is 6.57. The predicted molar refractivity (Wildman–Crippen MR) is 70.8 cm³/mol. The molecule has 0 bridgehead atoms. The lowest BCUT2D eigenvalue weighted by Gasteiger charge is -2.33. The minimum atomic E-state index is -0.741. The molecule has 0 aliphatic carbocycles. The normalized spacial score (nSPS) is 20.5. The molecule has 0 radical (unpaired) electrons.